The first-order chi connectivity index (χ1) is 6.59. The molecule has 1 unspecified atom stereocenters. The molecule has 1 aromatic heterocycles. The van der Waals surface area contributed by atoms with Crippen molar-refractivity contribution in [2.75, 3.05) is 14.1 Å². The van der Waals surface area contributed by atoms with Crippen LogP contribution in [0.2, 0.25) is 0 Å². The van der Waals surface area contributed by atoms with E-state index in [-0.39, 0.29) is 18.4 Å². The Hall–Kier alpha value is -1.33. The lowest BCUT2D eigenvalue weighted by atomic mass is 10.1. The van der Waals surface area contributed by atoms with Crippen LogP contribution in [0, 0.1) is 0 Å². The first-order valence-corrected chi connectivity index (χ1v) is 4.45. The van der Waals surface area contributed by atoms with Gasteiger partial charge in [0, 0.05) is 32.4 Å². The maximum absolute atomic E-state index is 11.3. The number of hydrogen-bond acceptors (Lipinski definition) is 3. The lowest BCUT2D eigenvalue weighted by molar-refractivity contribution is -0.125. The molecule has 1 atom stereocenters. The van der Waals surface area contributed by atoms with Gasteiger partial charge in [-0.1, -0.05) is 0 Å². The lowest BCUT2D eigenvalue weighted by Crippen LogP contribution is -2.37. The minimum atomic E-state index is -0.273. The van der Waals surface area contributed by atoms with Gasteiger partial charge in [0.25, 0.3) is 0 Å². The van der Waals surface area contributed by atoms with E-state index in [0.29, 0.717) is 0 Å². The van der Waals surface area contributed by atoms with Gasteiger partial charge < -0.3 is 10.7 Å². The summed E-state index contributed by atoms with van der Waals surface area (Å²) in [6.45, 7) is 0. The lowest BCUT2D eigenvalue weighted by Gasteiger charge is -2.14. The van der Waals surface area contributed by atoms with E-state index in [9.17, 15) is 4.79 Å². The Morgan fingerprint density at radius 1 is 1.71 bits per heavy atom. The van der Waals surface area contributed by atoms with Crippen molar-refractivity contribution in [1.29, 1.82) is 0 Å². The van der Waals surface area contributed by atoms with Crippen molar-refractivity contribution in [1.82, 2.24) is 15.4 Å². The van der Waals surface area contributed by atoms with E-state index >= 15 is 0 Å². The summed E-state index contributed by atoms with van der Waals surface area (Å²) in [6.07, 6.45) is 2.07. The van der Waals surface area contributed by atoms with Crippen LogP contribution < -0.4 is 11.2 Å². The number of nitrogens with zero attached hydrogens (tertiary/aromatic N) is 1. The standard InChI is InChI=1S/C9H16N4O/c1-13(2)12-9(14)6-7(10)8-4-3-5-11-8/h3-5,7,11H,6,10H2,1-2H3,(H,12,14). The zero-order valence-corrected chi connectivity index (χ0v) is 8.45. The number of aromatic nitrogens is 1. The molecule has 0 radical (unpaired) electrons. The van der Waals surface area contributed by atoms with Gasteiger partial charge in [0.05, 0.1) is 6.04 Å². The zero-order chi connectivity index (χ0) is 10.6. The number of H-pyrrole nitrogens is 1. The molecule has 0 aliphatic carbocycles. The molecule has 0 spiro atoms. The molecular formula is C9H16N4O. The van der Waals surface area contributed by atoms with Gasteiger partial charge in [0.2, 0.25) is 5.91 Å². The highest BCUT2D eigenvalue weighted by Gasteiger charge is 2.12. The Kier molecular flexibility index (Phi) is 3.67. The van der Waals surface area contributed by atoms with Crippen LogP contribution >= 0.6 is 0 Å². The highest BCUT2D eigenvalue weighted by Crippen LogP contribution is 2.10. The van der Waals surface area contributed by atoms with Crippen molar-refractivity contribution in [3.05, 3.63) is 24.0 Å². The minimum absolute atomic E-state index is 0.0860. The molecular weight excluding hydrogens is 180 g/mol. The fourth-order valence-electron chi connectivity index (χ4n) is 1.18. The number of aromatic amines is 1. The highest BCUT2D eigenvalue weighted by molar-refractivity contribution is 5.76. The van der Waals surface area contributed by atoms with Crippen LogP contribution in [-0.2, 0) is 4.79 Å². The molecule has 78 valence electrons. The van der Waals surface area contributed by atoms with Gasteiger partial charge in [-0.3, -0.25) is 10.2 Å². The van der Waals surface area contributed by atoms with E-state index in [0.717, 1.165) is 5.69 Å². The van der Waals surface area contributed by atoms with Gasteiger partial charge in [-0.25, -0.2) is 5.01 Å². The second-order valence-corrected chi connectivity index (χ2v) is 3.37. The van der Waals surface area contributed by atoms with Crippen LogP contribution in [-0.4, -0.2) is 30.0 Å². The van der Waals surface area contributed by atoms with Gasteiger partial charge in [0.15, 0.2) is 0 Å². The Balaban J connectivity index is 2.41. The fourth-order valence-corrected chi connectivity index (χ4v) is 1.18. The van der Waals surface area contributed by atoms with Gasteiger partial charge >= 0.3 is 0 Å². The molecule has 1 aromatic rings. The molecule has 4 N–H and O–H groups in total. The number of amides is 1. The summed E-state index contributed by atoms with van der Waals surface area (Å²) in [5.74, 6) is -0.0860. The number of hydrazine groups is 1. The molecule has 0 aliphatic rings. The smallest absolute Gasteiger partial charge is 0.236 e. The number of rotatable bonds is 4. The molecule has 1 amide bonds. The van der Waals surface area contributed by atoms with Crippen LogP contribution in [0.3, 0.4) is 0 Å². The van der Waals surface area contributed by atoms with E-state index < -0.39 is 0 Å². The Bertz CT molecular complexity index is 281. The number of carbonyl (C=O) groups excluding carboxylic acids is 1. The Morgan fingerprint density at radius 3 is 2.93 bits per heavy atom. The van der Waals surface area contributed by atoms with Gasteiger partial charge in [-0.05, 0) is 12.1 Å². The van der Waals surface area contributed by atoms with E-state index in [1.54, 1.807) is 25.3 Å². The topological polar surface area (TPSA) is 74.2 Å². The van der Waals surface area contributed by atoms with Gasteiger partial charge in [0.1, 0.15) is 0 Å². The van der Waals surface area contributed by atoms with Gasteiger partial charge in [-0.2, -0.15) is 0 Å². The van der Waals surface area contributed by atoms with E-state index in [2.05, 4.69) is 10.4 Å². The van der Waals surface area contributed by atoms with Crippen molar-refractivity contribution in [2.24, 2.45) is 5.73 Å². The first-order valence-electron chi connectivity index (χ1n) is 4.45. The predicted molar refractivity (Wildman–Crippen MR) is 54.2 cm³/mol. The summed E-state index contributed by atoms with van der Waals surface area (Å²) in [5.41, 5.74) is 9.32. The molecule has 0 fully saturated rings. The van der Waals surface area contributed by atoms with Crippen LogP contribution in [0.1, 0.15) is 18.2 Å². The monoisotopic (exact) mass is 196 g/mol. The molecule has 0 aromatic carbocycles. The van der Waals surface area contributed by atoms with Crippen LogP contribution in [0.15, 0.2) is 18.3 Å². The maximum Gasteiger partial charge on any atom is 0.236 e. The number of carbonyl (C=O) groups is 1. The quantitative estimate of drug-likeness (QED) is 0.593. The predicted octanol–water partition coefficient (Wildman–Crippen LogP) is -0.00260. The summed E-state index contributed by atoms with van der Waals surface area (Å²) < 4.78 is 0. The highest BCUT2D eigenvalue weighted by atomic mass is 16.2. The van der Waals surface area contributed by atoms with E-state index in [4.69, 9.17) is 5.73 Å². The third-order valence-electron chi connectivity index (χ3n) is 1.78. The average Bonchev–Trinajstić information content (AvgIpc) is 2.53. The molecule has 5 nitrogen and oxygen atoms in total. The summed E-state index contributed by atoms with van der Waals surface area (Å²) in [5, 5.41) is 1.60. The summed E-state index contributed by atoms with van der Waals surface area (Å²) in [6, 6.07) is 3.46. The summed E-state index contributed by atoms with van der Waals surface area (Å²) >= 11 is 0. The van der Waals surface area contributed by atoms with Crippen LogP contribution in [0.25, 0.3) is 0 Å². The third-order valence-corrected chi connectivity index (χ3v) is 1.78. The molecule has 0 bridgehead atoms. The zero-order valence-electron chi connectivity index (χ0n) is 8.45. The fraction of sp³-hybridized carbons (Fsp3) is 0.444. The second kappa shape index (κ2) is 4.78. The summed E-state index contributed by atoms with van der Waals surface area (Å²) in [7, 11) is 3.52. The SMILES string of the molecule is CN(C)NC(=O)CC(N)c1ccc[nH]1. The molecule has 14 heavy (non-hydrogen) atoms. The number of nitrogens with one attached hydrogen (secondary N) is 2. The average molecular weight is 196 g/mol. The molecule has 0 saturated carbocycles. The second-order valence-electron chi connectivity index (χ2n) is 3.37. The first kappa shape index (κ1) is 10.7. The number of hydrogen-bond donors (Lipinski definition) is 3. The summed E-state index contributed by atoms with van der Waals surface area (Å²) in [4.78, 5) is 14.3. The Morgan fingerprint density at radius 2 is 2.43 bits per heavy atom. The van der Waals surface area contributed by atoms with Crippen molar-refractivity contribution >= 4 is 5.91 Å². The molecule has 1 rings (SSSR count). The minimum Gasteiger partial charge on any atom is -0.364 e. The van der Waals surface area contributed by atoms with E-state index in [1.165, 1.54) is 0 Å². The van der Waals surface area contributed by atoms with Crippen molar-refractivity contribution in [3.8, 4) is 0 Å². The van der Waals surface area contributed by atoms with Crippen LogP contribution in [0.5, 0.6) is 0 Å². The van der Waals surface area contributed by atoms with Crippen molar-refractivity contribution < 1.29 is 4.79 Å². The van der Waals surface area contributed by atoms with Gasteiger partial charge in [-0.15, -0.1) is 0 Å². The molecule has 5 heteroatoms. The van der Waals surface area contributed by atoms with Crippen LogP contribution in [0.4, 0.5) is 0 Å². The van der Waals surface area contributed by atoms with E-state index in [1.807, 2.05) is 12.1 Å². The largest absolute Gasteiger partial charge is 0.364 e. The van der Waals surface area contributed by atoms with Crippen molar-refractivity contribution in [3.63, 3.8) is 0 Å². The normalized spacial score (nSPS) is 12.9. The molecule has 0 aliphatic heterocycles. The molecule has 1 heterocycles. The third kappa shape index (κ3) is 3.20. The molecule has 0 saturated heterocycles. The maximum atomic E-state index is 11.3. The van der Waals surface area contributed by atoms with Crippen molar-refractivity contribution in [2.45, 2.75) is 12.5 Å². The Labute approximate surface area is 83.2 Å². The number of nitrogens with two attached hydrogens (primary N) is 1.